The smallest absolute Gasteiger partial charge is 0.271 e. The molecule has 0 fully saturated rings. The monoisotopic (exact) mass is 393 g/mol. The quantitative estimate of drug-likeness (QED) is 0.493. The number of nitrogens with one attached hydrogen (secondary N) is 1. The highest BCUT2D eigenvalue weighted by Gasteiger charge is 2.03. The van der Waals surface area contributed by atoms with Gasteiger partial charge in [-0.1, -0.05) is 18.2 Å². The van der Waals surface area contributed by atoms with Crippen molar-refractivity contribution in [2.75, 3.05) is 19.0 Å². The van der Waals surface area contributed by atoms with Gasteiger partial charge in [0.2, 0.25) is 0 Å². The van der Waals surface area contributed by atoms with Gasteiger partial charge in [-0.15, -0.1) is 0 Å². The summed E-state index contributed by atoms with van der Waals surface area (Å²) in [4.78, 5) is 13.9. The first-order valence-corrected chi connectivity index (χ1v) is 7.50. The average Bonchev–Trinajstić information content (AvgIpc) is 2.47. The maximum atomic E-state index is 11.9. The molecule has 0 aromatic heterocycles. The van der Waals surface area contributed by atoms with Gasteiger partial charge in [0.05, 0.1) is 6.21 Å². The number of hydrogen-bond acceptors (Lipinski definition) is 3. The van der Waals surface area contributed by atoms with Gasteiger partial charge in [-0.05, 0) is 58.5 Å². The van der Waals surface area contributed by atoms with Gasteiger partial charge in [-0.2, -0.15) is 5.10 Å². The van der Waals surface area contributed by atoms with E-state index >= 15 is 0 Å². The lowest BCUT2D eigenvalue weighted by Gasteiger charge is -2.11. The normalized spacial score (nSPS) is 10.6. The molecule has 0 radical (unpaired) electrons. The minimum Gasteiger partial charge on any atom is -0.378 e. The molecule has 2 aromatic rings. The van der Waals surface area contributed by atoms with E-state index in [4.69, 9.17) is 0 Å². The van der Waals surface area contributed by atoms with Crippen LogP contribution in [0, 0.1) is 3.57 Å². The Kier molecular flexibility index (Phi) is 5.32. The zero-order chi connectivity index (χ0) is 15.2. The van der Waals surface area contributed by atoms with E-state index in [0.717, 1.165) is 14.8 Å². The van der Waals surface area contributed by atoms with Crippen LogP contribution < -0.4 is 10.3 Å². The van der Waals surface area contributed by atoms with Gasteiger partial charge in [0.15, 0.2) is 0 Å². The lowest BCUT2D eigenvalue weighted by Crippen LogP contribution is -2.17. The third-order valence-corrected chi connectivity index (χ3v) is 3.55. The van der Waals surface area contributed by atoms with Crippen molar-refractivity contribution in [2.45, 2.75) is 0 Å². The van der Waals surface area contributed by atoms with E-state index in [1.807, 2.05) is 61.5 Å². The zero-order valence-electron chi connectivity index (χ0n) is 11.9. The molecule has 21 heavy (non-hydrogen) atoms. The van der Waals surface area contributed by atoms with Crippen molar-refractivity contribution in [3.63, 3.8) is 0 Å². The van der Waals surface area contributed by atoms with Crippen LogP contribution in [0.5, 0.6) is 0 Å². The number of nitrogens with zero attached hydrogens (tertiary/aromatic N) is 2. The predicted molar refractivity (Wildman–Crippen MR) is 95.0 cm³/mol. The van der Waals surface area contributed by atoms with Gasteiger partial charge in [0.25, 0.3) is 5.91 Å². The summed E-state index contributed by atoms with van der Waals surface area (Å²) in [7, 11) is 3.98. The lowest BCUT2D eigenvalue weighted by atomic mass is 10.2. The van der Waals surface area contributed by atoms with Crippen molar-refractivity contribution < 1.29 is 4.79 Å². The number of amides is 1. The predicted octanol–water partition coefficient (Wildman–Crippen LogP) is 3.12. The summed E-state index contributed by atoms with van der Waals surface area (Å²) in [5.41, 5.74) is 5.18. The van der Waals surface area contributed by atoms with Crippen LogP contribution in [0.3, 0.4) is 0 Å². The summed E-state index contributed by atoms with van der Waals surface area (Å²) in [5, 5.41) is 3.98. The van der Waals surface area contributed by atoms with E-state index in [-0.39, 0.29) is 5.91 Å². The topological polar surface area (TPSA) is 44.7 Å². The molecule has 1 N–H and O–H groups in total. The highest BCUT2D eigenvalue weighted by molar-refractivity contribution is 14.1. The molecular formula is C16H16IN3O. The molecule has 0 saturated carbocycles. The molecule has 1 amide bonds. The summed E-state index contributed by atoms with van der Waals surface area (Å²) < 4.78 is 1.02. The fourth-order valence-corrected chi connectivity index (χ4v) is 2.26. The molecule has 108 valence electrons. The third-order valence-electron chi connectivity index (χ3n) is 2.88. The van der Waals surface area contributed by atoms with Crippen LogP contribution in [0.1, 0.15) is 15.9 Å². The highest BCUT2D eigenvalue weighted by Crippen LogP contribution is 2.11. The summed E-state index contributed by atoms with van der Waals surface area (Å²) in [5.74, 6) is -0.213. The van der Waals surface area contributed by atoms with Gasteiger partial charge in [-0.25, -0.2) is 5.43 Å². The Labute approximate surface area is 138 Å². The number of halogens is 1. The summed E-state index contributed by atoms with van der Waals surface area (Å²) in [6.07, 6.45) is 1.63. The fraction of sp³-hybridized carbons (Fsp3) is 0.125. The number of rotatable bonds is 4. The van der Waals surface area contributed by atoms with E-state index in [0.29, 0.717) is 5.56 Å². The maximum absolute atomic E-state index is 11.9. The Bertz CT molecular complexity index is 651. The first-order chi connectivity index (χ1) is 10.1. The molecule has 2 rings (SSSR count). The second-order valence-electron chi connectivity index (χ2n) is 4.70. The van der Waals surface area contributed by atoms with Crippen molar-refractivity contribution in [2.24, 2.45) is 5.10 Å². The first-order valence-electron chi connectivity index (χ1n) is 6.42. The second kappa shape index (κ2) is 7.21. The number of hydrogen-bond donors (Lipinski definition) is 1. The number of hydrazone groups is 1. The Balaban J connectivity index is 1.97. The Morgan fingerprint density at radius 2 is 1.90 bits per heavy atom. The minimum atomic E-state index is -0.213. The largest absolute Gasteiger partial charge is 0.378 e. The van der Waals surface area contributed by atoms with E-state index in [1.165, 1.54) is 0 Å². The number of anilines is 1. The van der Waals surface area contributed by atoms with Crippen molar-refractivity contribution in [1.29, 1.82) is 0 Å². The fourth-order valence-electron chi connectivity index (χ4n) is 1.72. The van der Waals surface area contributed by atoms with E-state index in [9.17, 15) is 4.79 Å². The molecular weight excluding hydrogens is 377 g/mol. The number of benzene rings is 2. The molecule has 4 nitrogen and oxygen atoms in total. The minimum absolute atomic E-state index is 0.213. The summed E-state index contributed by atoms with van der Waals surface area (Å²) in [6, 6.07) is 15.3. The molecule has 0 saturated heterocycles. The molecule has 0 bridgehead atoms. The second-order valence-corrected chi connectivity index (χ2v) is 5.94. The first kappa shape index (κ1) is 15.5. The van der Waals surface area contributed by atoms with Crippen LogP contribution in [0.25, 0.3) is 0 Å². The summed E-state index contributed by atoms with van der Waals surface area (Å²) >= 11 is 2.17. The molecule has 0 aliphatic rings. The lowest BCUT2D eigenvalue weighted by molar-refractivity contribution is 0.0955. The van der Waals surface area contributed by atoms with Crippen LogP contribution in [0.2, 0.25) is 0 Å². The number of carbonyl (C=O) groups excluding carboxylic acids is 1. The van der Waals surface area contributed by atoms with Gasteiger partial charge >= 0.3 is 0 Å². The van der Waals surface area contributed by atoms with Gasteiger partial charge in [0, 0.05) is 28.9 Å². The third kappa shape index (κ3) is 4.56. The van der Waals surface area contributed by atoms with Gasteiger partial charge in [0.1, 0.15) is 0 Å². The standard InChI is InChI=1S/C16H16IN3O/c1-20(2)15-8-6-12(7-9-15)11-18-19-16(21)13-4-3-5-14(17)10-13/h3-11H,1-2H3,(H,19,21)/b18-11+. The van der Waals surface area contributed by atoms with Crippen molar-refractivity contribution in [3.8, 4) is 0 Å². The van der Waals surface area contributed by atoms with Gasteiger partial charge in [-0.3, -0.25) is 4.79 Å². The van der Waals surface area contributed by atoms with Gasteiger partial charge < -0.3 is 4.90 Å². The SMILES string of the molecule is CN(C)c1ccc(/C=N/NC(=O)c2cccc(I)c2)cc1. The van der Waals surface area contributed by atoms with Crippen molar-refractivity contribution in [3.05, 3.63) is 63.2 Å². The van der Waals surface area contributed by atoms with Crippen LogP contribution >= 0.6 is 22.6 Å². The Morgan fingerprint density at radius 3 is 2.52 bits per heavy atom. The van der Waals surface area contributed by atoms with Crippen LogP contribution in [-0.2, 0) is 0 Å². The Morgan fingerprint density at radius 1 is 1.19 bits per heavy atom. The van der Waals surface area contributed by atoms with E-state index in [1.54, 1.807) is 12.3 Å². The molecule has 0 aliphatic heterocycles. The summed E-state index contributed by atoms with van der Waals surface area (Å²) in [6.45, 7) is 0. The van der Waals surface area contributed by atoms with Crippen molar-refractivity contribution in [1.82, 2.24) is 5.43 Å². The van der Waals surface area contributed by atoms with Crippen LogP contribution in [0.15, 0.2) is 53.6 Å². The highest BCUT2D eigenvalue weighted by atomic mass is 127. The molecule has 0 atom stereocenters. The number of carbonyl (C=O) groups is 1. The molecule has 5 heteroatoms. The molecule has 0 unspecified atom stereocenters. The Hall–Kier alpha value is -1.89. The van der Waals surface area contributed by atoms with E-state index < -0.39 is 0 Å². The molecule has 2 aromatic carbocycles. The zero-order valence-corrected chi connectivity index (χ0v) is 14.0. The maximum Gasteiger partial charge on any atom is 0.271 e. The average molecular weight is 393 g/mol. The van der Waals surface area contributed by atoms with Crippen LogP contribution in [-0.4, -0.2) is 26.2 Å². The van der Waals surface area contributed by atoms with E-state index in [2.05, 4.69) is 33.1 Å². The molecule has 0 spiro atoms. The molecule has 0 aliphatic carbocycles. The molecule has 0 heterocycles. The van der Waals surface area contributed by atoms with Crippen LogP contribution in [0.4, 0.5) is 5.69 Å². The van der Waals surface area contributed by atoms with Crippen molar-refractivity contribution >= 4 is 40.4 Å².